The number of hydrogen-bond donors (Lipinski definition) is 0. The van der Waals surface area contributed by atoms with Gasteiger partial charge in [0.1, 0.15) is 6.54 Å². The number of nitrogens with zero attached hydrogens (tertiary/aromatic N) is 1. The predicted molar refractivity (Wildman–Crippen MR) is 67.1 cm³/mol. The van der Waals surface area contributed by atoms with Gasteiger partial charge in [0.15, 0.2) is 0 Å². The minimum Gasteiger partial charge on any atom is -0.323 e. The molecule has 1 aromatic rings. The van der Waals surface area contributed by atoms with Crippen molar-refractivity contribution in [3.63, 3.8) is 0 Å². The summed E-state index contributed by atoms with van der Waals surface area (Å²) in [7, 11) is 4.50. The van der Waals surface area contributed by atoms with E-state index in [9.17, 15) is 0 Å². The molecule has 1 nitrogen and oxygen atoms in total. The fourth-order valence-electron chi connectivity index (χ4n) is 1.56. The largest absolute Gasteiger partial charge is 0.323 e. The van der Waals surface area contributed by atoms with Crippen LogP contribution in [0.3, 0.4) is 0 Å². The van der Waals surface area contributed by atoms with Gasteiger partial charge >= 0.3 is 0 Å². The second kappa shape index (κ2) is 4.54. The van der Waals surface area contributed by atoms with Crippen LogP contribution in [0.5, 0.6) is 0 Å². The zero-order valence-electron chi connectivity index (χ0n) is 10.3. The van der Waals surface area contributed by atoms with Gasteiger partial charge in [0.2, 0.25) is 0 Å². The van der Waals surface area contributed by atoms with E-state index >= 15 is 0 Å². The molecule has 0 fully saturated rings. The monoisotopic (exact) mass is 226 g/mol. The number of aryl methyl sites for hydroxylation is 1. The molecule has 84 valence electrons. The van der Waals surface area contributed by atoms with Gasteiger partial charge < -0.3 is 4.48 Å². The van der Waals surface area contributed by atoms with Gasteiger partial charge in [-0.15, -0.1) is 0 Å². The molecular weight excluding hydrogens is 206 g/mol. The molecule has 0 unspecified atom stereocenters. The fraction of sp³-hybridized carbons (Fsp3) is 0.538. The first kappa shape index (κ1) is 12.5. The van der Waals surface area contributed by atoms with Crippen LogP contribution >= 0.6 is 11.6 Å². The van der Waals surface area contributed by atoms with Crippen LogP contribution in [0.1, 0.15) is 25.0 Å². The molecule has 0 amide bonds. The molecule has 1 rings (SSSR count). The molecule has 0 saturated carbocycles. The first-order chi connectivity index (χ1) is 6.81. The van der Waals surface area contributed by atoms with Crippen molar-refractivity contribution in [1.82, 2.24) is 0 Å². The molecule has 0 heterocycles. The van der Waals surface area contributed by atoms with Crippen molar-refractivity contribution < 1.29 is 4.48 Å². The summed E-state index contributed by atoms with van der Waals surface area (Å²) in [5.41, 5.74) is 2.56. The molecule has 0 N–H and O–H groups in total. The van der Waals surface area contributed by atoms with Gasteiger partial charge in [-0.1, -0.05) is 17.7 Å². The number of quaternary nitrogens is 1. The molecule has 0 aliphatic carbocycles. The van der Waals surface area contributed by atoms with Gasteiger partial charge in [0.25, 0.3) is 0 Å². The van der Waals surface area contributed by atoms with Gasteiger partial charge in [-0.2, -0.15) is 0 Å². The van der Waals surface area contributed by atoms with Crippen molar-refractivity contribution in [3.8, 4) is 0 Å². The summed E-state index contributed by atoms with van der Waals surface area (Å²) in [5.74, 6) is 0. The highest BCUT2D eigenvalue weighted by Gasteiger charge is 2.20. The summed E-state index contributed by atoms with van der Waals surface area (Å²) in [6.45, 7) is 7.61. The van der Waals surface area contributed by atoms with Crippen LogP contribution in [0, 0.1) is 6.92 Å². The average molecular weight is 227 g/mol. The quantitative estimate of drug-likeness (QED) is 0.691. The Morgan fingerprint density at radius 1 is 1.20 bits per heavy atom. The van der Waals surface area contributed by atoms with E-state index < -0.39 is 0 Å². The smallest absolute Gasteiger partial charge is 0.104 e. The van der Waals surface area contributed by atoms with E-state index in [2.05, 4.69) is 47.0 Å². The van der Waals surface area contributed by atoms with E-state index in [-0.39, 0.29) is 0 Å². The standard InChI is InChI=1S/C13H21ClN/c1-10(2)15(4,5)9-12-6-11(3)7-13(14)8-12/h6-8,10H,9H2,1-5H3/q+1. The molecule has 0 aromatic heterocycles. The van der Waals surface area contributed by atoms with Crippen molar-refractivity contribution in [1.29, 1.82) is 0 Å². The maximum Gasteiger partial charge on any atom is 0.104 e. The Labute approximate surface area is 98.3 Å². The third kappa shape index (κ3) is 3.51. The molecule has 0 bridgehead atoms. The maximum absolute atomic E-state index is 6.05. The number of rotatable bonds is 3. The predicted octanol–water partition coefficient (Wildman–Crippen LogP) is 3.63. The lowest BCUT2D eigenvalue weighted by Crippen LogP contribution is -2.44. The van der Waals surface area contributed by atoms with Crippen LogP contribution in [0.15, 0.2) is 18.2 Å². The molecule has 0 aliphatic heterocycles. The highest BCUT2D eigenvalue weighted by molar-refractivity contribution is 6.30. The SMILES string of the molecule is Cc1cc(Cl)cc(C[N+](C)(C)C(C)C)c1. The summed E-state index contributed by atoms with van der Waals surface area (Å²) < 4.78 is 0.986. The normalized spacial score (nSPS) is 12.2. The summed E-state index contributed by atoms with van der Waals surface area (Å²) in [6.07, 6.45) is 0. The molecule has 0 atom stereocenters. The van der Waals surface area contributed by atoms with Gasteiger partial charge in [-0.3, -0.25) is 0 Å². The first-order valence-electron chi connectivity index (χ1n) is 5.40. The molecule has 0 radical (unpaired) electrons. The minimum atomic E-state index is 0.615. The fourth-order valence-corrected chi connectivity index (χ4v) is 1.87. The van der Waals surface area contributed by atoms with Crippen LogP contribution in [0.4, 0.5) is 0 Å². The van der Waals surface area contributed by atoms with Crippen molar-refractivity contribution in [2.24, 2.45) is 0 Å². The molecule has 0 aliphatic rings. The van der Waals surface area contributed by atoms with Crippen LogP contribution in [0.25, 0.3) is 0 Å². The third-order valence-electron chi connectivity index (χ3n) is 3.09. The van der Waals surface area contributed by atoms with Crippen LogP contribution in [-0.2, 0) is 6.54 Å². The molecule has 15 heavy (non-hydrogen) atoms. The highest BCUT2D eigenvalue weighted by Crippen LogP contribution is 2.19. The van der Waals surface area contributed by atoms with Crippen molar-refractivity contribution >= 4 is 11.6 Å². The Hall–Kier alpha value is -0.530. The topological polar surface area (TPSA) is 0 Å². The Morgan fingerprint density at radius 3 is 2.27 bits per heavy atom. The van der Waals surface area contributed by atoms with E-state index in [0.29, 0.717) is 6.04 Å². The lowest BCUT2D eigenvalue weighted by Gasteiger charge is -2.34. The second-order valence-electron chi connectivity index (χ2n) is 5.17. The summed E-state index contributed by atoms with van der Waals surface area (Å²) in [4.78, 5) is 0. The van der Waals surface area contributed by atoms with Crippen LogP contribution in [0.2, 0.25) is 5.02 Å². The Kier molecular flexibility index (Phi) is 3.80. The van der Waals surface area contributed by atoms with Crippen molar-refractivity contribution in [3.05, 3.63) is 34.3 Å². The van der Waals surface area contributed by atoms with Crippen molar-refractivity contribution in [2.45, 2.75) is 33.4 Å². The average Bonchev–Trinajstić information content (AvgIpc) is 1.99. The number of halogens is 1. The summed E-state index contributed by atoms with van der Waals surface area (Å²) in [5, 5.41) is 0.841. The zero-order valence-corrected chi connectivity index (χ0v) is 11.1. The van der Waals surface area contributed by atoms with E-state index in [4.69, 9.17) is 11.6 Å². The second-order valence-corrected chi connectivity index (χ2v) is 5.60. The lowest BCUT2D eigenvalue weighted by molar-refractivity contribution is -0.924. The summed E-state index contributed by atoms with van der Waals surface area (Å²) in [6, 6.07) is 6.90. The Balaban J connectivity index is 2.89. The van der Waals surface area contributed by atoms with Crippen LogP contribution < -0.4 is 0 Å². The molecule has 0 saturated heterocycles. The lowest BCUT2D eigenvalue weighted by atomic mass is 10.1. The van der Waals surface area contributed by atoms with E-state index in [1.54, 1.807) is 0 Å². The van der Waals surface area contributed by atoms with Crippen molar-refractivity contribution in [2.75, 3.05) is 14.1 Å². The van der Waals surface area contributed by atoms with E-state index in [0.717, 1.165) is 16.1 Å². The molecule has 0 spiro atoms. The Morgan fingerprint density at radius 2 is 1.80 bits per heavy atom. The van der Waals surface area contributed by atoms with Gasteiger partial charge in [-0.25, -0.2) is 0 Å². The Bertz CT molecular complexity index is 322. The van der Waals surface area contributed by atoms with Gasteiger partial charge in [0.05, 0.1) is 20.1 Å². The number of hydrogen-bond acceptors (Lipinski definition) is 0. The molecule has 2 heteroatoms. The molecule has 1 aromatic carbocycles. The highest BCUT2D eigenvalue weighted by atomic mass is 35.5. The summed E-state index contributed by atoms with van der Waals surface area (Å²) >= 11 is 6.05. The number of benzene rings is 1. The third-order valence-corrected chi connectivity index (χ3v) is 3.31. The van der Waals surface area contributed by atoms with E-state index in [1.165, 1.54) is 11.1 Å². The van der Waals surface area contributed by atoms with E-state index in [1.807, 2.05) is 6.07 Å². The zero-order chi connectivity index (χ0) is 11.6. The first-order valence-corrected chi connectivity index (χ1v) is 5.78. The minimum absolute atomic E-state index is 0.615. The molecular formula is C13H21ClN+. The maximum atomic E-state index is 6.05. The van der Waals surface area contributed by atoms with Gasteiger partial charge in [-0.05, 0) is 38.5 Å². The van der Waals surface area contributed by atoms with Crippen LogP contribution in [-0.4, -0.2) is 24.6 Å². The van der Waals surface area contributed by atoms with Gasteiger partial charge in [0, 0.05) is 10.6 Å².